The first-order chi connectivity index (χ1) is 10.5. The summed E-state index contributed by atoms with van der Waals surface area (Å²) in [5, 5.41) is 3.34. The number of rotatable bonds is 6. The Morgan fingerprint density at radius 1 is 1.35 bits per heavy atom. The monoisotopic (exact) mass is 360 g/mol. The maximum absolute atomic E-state index is 12.5. The molecule has 0 aliphatic carbocycles. The summed E-state index contributed by atoms with van der Waals surface area (Å²) in [6, 6.07) is 0. The third-order valence-corrected chi connectivity index (χ3v) is 5.25. The number of carbonyl (C=O) groups excluding carboxylic acids is 1. The molecule has 7 heteroatoms. The van der Waals surface area contributed by atoms with Crippen molar-refractivity contribution in [1.29, 1.82) is 0 Å². The van der Waals surface area contributed by atoms with Crippen LogP contribution in [0.2, 0.25) is 0 Å². The van der Waals surface area contributed by atoms with Gasteiger partial charge in [-0.25, -0.2) is 4.98 Å². The molecule has 0 radical (unpaired) electrons. The Kier molecular flexibility index (Phi) is 7.94. The van der Waals surface area contributed by atoms with Crippen LogP contribution in [0.3, 0.4) is 0 Å². The molecule has 5 nitrogen and oxygen atoms in total. The smallest absolute Gasteiger partial charge is 0.242 e. The van der Waals surface area contributed by atoms with Gasteiger partial charge < -0.3 is 10.6 Å². The number of aryl methyl sites for hydroxylation is 1. The van der Waals surface area contributed by atoms with Crippen molar-refractivity contribution in [3.05, 3.63) is 16.1 Å². The molecule has 1 atom stereocenters. The minimum absolute atomic E-state index is 0. The first-order valence-electron chi connectivity index (χ1n) is 8.20. The van der Waals surface area contributed by atoms with E-state index in [1.54, 1.807) is 11.3 Å². The number of thiazole rings is 1. The van der Waals surface area contributed by atoms with E-state index in [2.05, 4.69) is 29.1 Å². The van der Waals surface area contributed by atoms with Gasteiger partial charge in [0.05, 0.1) is 16.2 Å². The third-order valence-electron chi connectivity index (χ3n) is 4.20. The molecule has 1 unspecified atom stereocenters. The van der Waals surface area contributed by atoms with Crippen molar-refractivity contribution in [2.24, 2.45) is 5.73 Å². The fourth-order valence-corrected chi connectivity index (χ4v) is 3.65. The van der Waals surface area contributed by atoms with Gasteiger partial charge in [0.15, 0.2) is 0 Å². The Morgan fingerprint density at radius 3 is 2.52 bits per heavy atom. The van der Waals surface area contributed by atoms with Crippen molar-refractivity contribution < 1.29 is 4.79 Å². The molecule has 132 valence electrons. The Balaban J connectivity index is 0.00000264. The van der Waals surface area contributed by atoms with Crippen LogP contribution in [0, 0.1) is 0 Å². The van der Waals surface area contributed by atoms with Crippen LogP contribution < -0.4 is 5.73 Å². The molecule has 1 aliphatic heterocycles. The molecule has 2 N–H and O–H groups in total. The van der Waals surface area contributed by atoms with Crippen LogP contribution in [-0.2, 0) is 17.8 Å². The Hall–Kier alpha value is -0.690. The highest BCUT2D eigenvalue weighted by atomic mass is 35.5. The Bertz CT molecular complexity index is 498. The molecule has 1 aromatic rings. The van der Waals surface area contributed by atoms with Gasteiger partial charge in [0.25, 0.3) is 0 Å². The van der Waals surface area contributed by atoms with E-state index >= 15 is 0 Å². The maximum Gasteiger partial charge on any atom is 0.242 e. The van der Waals surface area contributed by atoms with Gasteiger partial charge >= 0.3 is 0 Å². The molecule has 23 heavy (non-hydrogen) atoms. The standard InChI is InChI=1S/C16H28N4OS.ClH/c1-4-6-16(3,17)15(21)20-9-7-19(8-10-20)11-13-12-22-14(5-2)18-13;/h12H,4-11,17H2,1-3H3;1H. The normalized spacial score (nSPS) is 18.3. The van der Waals surface area contributed by atoms with Crippen molar-refractivity contribution in [2.75, 3.05) is 26.2 Å². The van der Waals surface area contributed by atoms with E-state index < -0.39 is 5.54 Å². The summed E-state index contributed by atoms with van der Waals surface area (Å²) in [6.07, 6.45) is 2.67. The molecule has 2 heterocycles. The van der Waals surface area contributed by atoms with E-state index in [1.165, 1.54) is 5.01 Å². The highest BCUT2D eigenvalue weighted by molar-refractivity contribution is 7.09. The van der Waals surface area contributed by atoms with Crippen LogP contribution in [0.15, 0.2) is 5.38 Å². The summed E-state index contributed by atoms with van der Waals surface area (Å²) >= 11 is 1.73. The molecule has 0 aromatic carbocycles. The molecular formula is C16H29ClN4OS. The van der Waals surface area contributed by atoms with Gasteiger partial charge in [-0.05, 0) is 19.8 Å². The summed E-state index contributed by atoms with van der Waals surface area (Å²) in [5.74, 6) is 0.0935. The van der Waals surface area contributed by atoms with Crippen LogP contribution in [0.5, 0.6) is 0 Å². The van der Waals surface area contributed by atoms with Crippen molar-refractivity contribution in [1.82, 2.24) is 14.8 Å². The van der Waals surface area contributed by atoms with Crippen molar-refractivity contribution in [3.63, 3.8) is 0 Å². The highest BCUT2D eigenvalue weighted by Gasteiger charge is 2.33. The number of piperazine rings is 1. The SMILES string of the molecule is CCCC(C)(N)C(=O)N1CCN(Cc2csc(CC)n2)CC1.Cl. The third kappa shape index (κ3) is 5.41. The van der Waals surface area contributed by atoms with Gasteiger partial charge in [0.1, 0.15) is 0 Å². The van der Waals surface area contributed by atoms with Gasteiger partial charge in [0.2, 0.25) is 5.91 Å². The molecule has 1 amide bonds. The number of nitrogens with zero attached hydrogens (tertiary/aromatic N) is 3. The summed E-state index contributed by atoms with van der Waals surface area (Å²) in [4.78, 5) is 21.4. The molecule has 0 spiro atoms. The lowest BCUT2D eigenvalue weighted by Crippen LogP contribution is -2.58. The van der Waals surface area contributed by atoms with Gasteiger partial charge in [0, 0.05) is 38.1 Å². The number of halogens is 1. The molecule has 0 bridgehead atoms. The summed E-state index contributed by atoms with van der Waals surface area (Å²) in [7, 11) is 0. The molecule has 1 fully saturated rings. The van der Waals surface area contributed by atoms with E-state index in [-0.39, 0.29) is 18.3 Å². The number of aromatic nitrogens is 1. The largest absolute Gasteiger partial charge is 0.339 e. The predicted molar refractivity (Wildman–Crippen MR) is 98.1 cm³/mol. The summed E-state index contributed by atoms with van der Waals surface area (Å²) in [5.41, 5.74) is 6.59. The lowest BCUT2D eigenvalue weighted by atomic mass is 9.95. The minimum atomic E-state index is -0.720. The average Bonchev–Trinajstić information content (AvgIpc) is 2.95. The van der Waals surface area contributed by atoms with Crippen molar-refractivity contribution >= 4 is 29.7 Å². The van der Waals surface area contributed by atoms with E-state index in [0.29, 0.717) is 0 Å². The van der Waals surface area contributed by atoms with Gasteiger partial charge in [-0.2, -0.15) is 0 Å². The second-order valence-corrected chi connectivity index (χ2v) is 7.26. The first kappa shape index (κ1) is 20.4. The van der Waals surface area contributed by atoms with Crippen LogP contribution in [0.1, 0.15) is 44.3 Å². The number of hydrogen-bond acceptors (Lipinski definition) is 5. The van der Waals surface area contributed by atoms with Crippen LogP contribution in [-0.4, -0.2) is 52.4 Å². The van der Waals surface area contributed by atoms with E-state index in [1.807, 2.05) is 11.8 Å². The van der Waals surface area contributed by atoms with Crippen LogP contribution >= 0.6 is 23.7 Å². The number of carbonyl (C=O) groups is 1. The zero-order valence-electron chi connectivity index (χ0n) is 14.4. The zero-order valence-corrected chi connectivity index (χ0v) is 16.0. The lowest BCUT2D eigenvalue weighted by molar-refractivity contribution is -0.138. The van der Waals surface area contributed by atoms with Crippen LogP contribution in [0.25, 0.3) is 0 Å². The predicted octanol–water partition coefficient (Wildman–Crippen LogP) is 2.29. The molecule has 2 rings (SSSR count). The topological polar surface area (TPSA) is 62.5 Å². The quantitative estimate of drug-likeness (QED) is 0.845. The van der Waals surface area contributed by atoms with Gasteiger partial charge in [-0.3, -0.25) is 9.69 Å². The fraction of sp³-hybridized carbons (Fsp3) is 0.750. The minimum Gasteiger partial charge on any atom is -0.339 e. The van der Waals surface area contributed by atoms with E-state index in [9.17, 15) is 4.79 Å². The second kappa shape index (κ2) is 8.97. The summed E-state index contributed by atoms with van der Waals surface area (Å²) < 4.78 is 0. The number of amides is 1. The molecule has 1 saturated heterocycles. The number of hydrogen-bond donors (Lipinski definition) is 1. The fourth-order valence-electron chi connectivity index (χ4n) is 2.91. The summed E-state index contributed by atoms with van der Waals surface area (Å²) in [6.45, 7) is 10.3. The number of nitrogens with two attached hydrogens (primary N) is 1. The van der Waals surface area contributed by atoms with Gasteiger partial charge in [-0.1, -0.05) is 20.3 Å². The average molecular weight is 361 g/mol. The van der Waals surface area contributed by atoms with Crippen molar-refractivity contribution in [3.8, 4) is 0 Å². The molecule has 0 saturated carbocycles. The second-order valence-electron chi connectivity index (χ2n) is 6.32. The van der Waals surface area contributed by atoms with Gasteiger partial charge in [-0.15, -0.1) is 23.7 Å². The maximum atomic E-state index is 12.5. The highest BCUT2D eigenvalue weighted by Crippen LogP contribution is 2.17. The molecular weight excluding hydrogens is 332 g/mol. The Labute approximate surface area is 149 Å². The lowest BCUT2D eigenvalue weighted by Gasteiger charge is -2.38. The van der Waals surface area contributed by atoms with Crippen molar-refractivity contribution in [2.45, 2.75) is 52.1 Å². The Morgan fingerprint density at radius 2 is 2.00 bits per heavy atom. The first-order valence-corrected chi connectivity index (χ1v) is 9.08. The van der Waals surface area contributed by atoms with E-state index in [4.69, 9.17) is 5.73 Å². The van der Waals surface area contributed by atoms with Crippen LogP contribution in [0.4, 0.5) is 0 Å². The zero-order chi connectivity index (χ0) is 16.2. The molecule has 1 aliphatic rings. The molecule has 1 aromatic heterocycles. The van der Waals surface area contributed by atoms with E-state index in [0.717, 1.165) is 57.7 Å².